The van der Waals surface area contributed by atoms with E-state index in [4.69, 9.17) is 17.5 Å². The van der Waals surface area contributed by atoms with Gasteiger partial charge in [0, 0.05) is 6.54 Å². The van der Waals surface area contributed by atoms with Crippen molar-refractivity contribution >= 4 is 41.2 Å². The van der Waals surface area contributed by atoms with Crippen molar-refractivity contribution < 1.29 is 4.79 Å². The number of aryl methyl sites for hydroxylation is 1. The molecule has 0 bridgehead atoms. The van der Waals surface area contributed by atoms with Crippen molar-refractivity contribution in [2.24, 2.45) is 0 Å². The van der Waals surface area contributed by atoms with Gasteiger partial charge in [-0.25, -0.2) is 4.68 Å². The molecule has 8 heteroatoms. The summed E-state index contributed by atoms with van der Waals surface area (Å²) in [6.07, 6.45) is 0.317. The van der Waals surface area contributed by atoms with Crippen LogP contribution in [0.1, 0.15) is 12.0 Å². The van der Waals surface area contributed by atoms with Crippen LogP contribution in [0.4, 0.5) is 0 Å². The summed E-state index contributed by atoms with van der Waals surface area (Å²) in [6, 6.07) is 9.87. The number of para-hydroxylation sites is 1. The average Bonchev–Trinajstić information content (AvgIpc) is 2.87. The Balaban J connectivity index is 2.02. The molecule has 2 rings (SSSR count). The molecule has 1 N–H and O–H groups in total. The van der Waals surface area contributed by atoms with Crippen LogP contribution in [0.3, 0.4) is 0 Å². The quantitative estimate of drug-likeness (QED) is 0.492. The van der Waals surface area contributed by atoms with Crippen molar-refractivity contribution in [1.82, 2.24) is 15.1 Å². The van der Waals surface area contributed by atoms with Crippen LogP contribution in [-0.4, -0.2) is 28.0 Å². The molecular weight excluding hydrogens is 336 g/mol. The third-order valence-corrected chi connectivity index (χ3v) is 5.12. The number of nitriles is 1. The van der Waals surface area contributed by atoms with E-state index in [1.807, 2.05) is 37.3 Å². The summed E-state index contributed by atoms with van der Waals surface area (Å²) >= 11 is 8.08. The molecule has 1 aromatic heterocycles. The molecule has 5 nitrogen and oxygen atoms in total. The monoisotopic (exact) mass is 350 g/mol. The number of benzene rings is 1. The smallest absolute Gasteiger partial charge is 0.230 e. The normalized spacial score (nSPS) is 10.2. The van der Waals surface area contributed by atoms with Gasteiger partial charge in [-0.05, 0) is 30.8 Å². The number of nitrogens with one attached hydrogen (secondary N) is 1. The Bertz CT molecular complexity index is 760. The standard InChI is InChI=1S/C14H14N4OS3/c1-10-5-2-3-6-11(10)18-14(20)22-13(17-18)21-9-12(19)16-8-4-7-15/h2-3,5-6H,4,8-9H2,1H3,(H,16,19). The Morgan fingerprint density at radius 1 is 1.55 bits per heavy atom. The lowest BCUT2D eigenvalue weighted by Gasteiger charge is -2.04. The molecule has 1 aromatic carbocycles. The lowest BCUT2D eigenvalue weighted by molar-refractivity contribution is -0.118. The number of hydrogen-bond donors (Lipinski definition) is 1. The minimum absolute atomic E-state index is 0.108. The van der Waals surface area contributed by atoms with E-state index in [1.165, 1.54) is 23.1 Å². The first-order valence-corrected chi connectivity index (χ1v) is 8.75. The third-order valence-electron chi connectivity index (χ3n) is 2.76. The molecule has 0 atom stereocenters. The SMILES string of the molecule is Cc1ccccc1-n1nc(SCC(=O)NCCC#N)sc1=S. The van der Waals surface area contributed by atoms with Crippen LogP contribution in [0.5, 0.6) is 0 Å². The summed E-state index contributed by atoms with van der Waals surface area (Å²) in [7, 11) is 0. The van der Waals surface area contributed by atoms with Crippen molar-refractivity contribution in [2.75, 3.05) is 12.3 Å². The summed E-state index contributed by atoms with van der Waals surface area (Å²) < 4.78 is 3.14. The van der Waals surface area contributed by atoms with Crippen LogP contribution < -0.4 is 5.32 Å². The van der Waals surface area contributed by atoms with Gasteiger partial charge in [0.05, 0.1) is 23.9 Å². The highest BCUT2D eigenvalue weighted by Crippen LogP contribution is 2.24. The van der Waals surface area contributed by atoms with Gasteiger partial charge in [0.25, 0.3) is 0 Å². The van der Waals surface area contributed by atoms with E-state index in [2.05, 4.69) is 10.4 Å². The second-order valence-electron chi connectivity index (χ2n) is 4.38. The molecule has 1 heterocycles. The Labute approximate surface area is 142 Å². The minimum atomic E-state index is -0.108. The summed E-state index contributed by atoms with van der Waals surface area (Å²) in [5, 5.41) is 15.6. The van der Waals surface area contributed by atoms with Crippen LogP contribution in [0, 0.1) is 22.2 Å². The van der Waals surface area contributed by atoms with Crippen LogP contribution >= 0.6 is 35.3 Å². The fourth-order valence-electron chi connectivity index (χ4n) is 1.71. The zero-order chi connectivity index (χ0) is 15.9. The van der Waals surface area contributed by atoms with Crippen LogP contribution in [-0.2, 0) is 4.79 Å². The van der Waals surface area contributed by atoms with E-state index in [-0.39, 0.29) is 11.7 Å². The van der Waals surface area contributed by atoms with Crippen molar-refractivity contribution in [3.8, 4) is 11.8 Å². The molecule has 0 aliphatic heterocycles. The Morgan fingerprint density at radius 2 is 2.32 bits per heavy atom. The highest BCUT2D eigenvalue weighted by molar-refractivity contribution is 8.01. The summed E-state index contributed by atoms with van der Waals surface area (Å²) in [6.45, 7) is 2.38. The highest BCUT2D eigenvalue weighted by Gasteiger charge is 2.10. The van der Waals surface area contributed by atoms with Gasteiger partial charge in [0.2, 0.25) is 5.91 Å². The molecule has 1 amide bonds. The fourth-order valence-corrected chi connectivity index (χ4v) is 3.89. The molecule has 0 unspecified atom stereocenters. The number of hydrogen-bond acceptors (Lipinski definition) is 6. The maximum atomic E-state index is 11.6. The third kappa shape index (κ3) is 4.40. The van der Waals surface area contributed by atoms with E-state index in [0.29, 0.717) is 16.9 Å². The molecule has 0 aliphatic rings. The lowest BCUT2D eigenvalue weighted by atomic mass is 10.2. The van der Waals surface area contributed by atoms with Crippen LogP contribution in [0.15, 0.2) is 28.6 Å². The number of thioether (sulfide) groups is 1. The van der Waals surface area contributed by atoms with E-state index in [1.54, 1.807) is 4.68 Å². The highest BCUT2D eigenvalue weighted by atomic mass is 32.2. The first-order chi connectivity index (χ1) is 10.6. The minimum Gasteiger partial charge on any atom is -0.354 e. The number of nitrogens with zero attached hydrogens (tertiary/aromatic N) is 3. The molecule has 114 valence electrons. The Morgan fingerprint density at radius 3 is 3.05 bits per heavy atom. The van der Waals surface area contributed by atoms with E-state index < -0.39 is 0 Å². The molecule has 2 aromatic rings. The molecule has 22 heavy (non-hydrogen) atoms. The Kier molecular flexibility index (Phi) is 6.12. The van der Waals surface area contributed by atoms with Crippen molar-refractivity contribution in [2.45, 2.75) is 17.7 Å². The molecular formula is C14H14N4OS3. The fraction of sp³-hybridized carbons (Fsp3) is 0.286. The second-order valence-corrected chi connectivity index (χ2v) is 7.22. The average molecular weight is 350 g/mol. The molecule has 0 saturated heterocycles. The van der Waals surface area contributed by atoms with Crippen molar-refractivity contribution in [3.05, 3.63) is 33.8 Å². The summed E-state index contributed by atoms with van der Waals surface area (Å²) in [5.74, 6) is 0.158. The van der Waals surface area contributed by atoms with E-state index >= 15 is 0 Å². The van der Waals surface area contributed by atoms with E-state index in [9.17, 15) is 4.79 Å². The van der Waals surface area contributed by atoms with Gasteiger partial charge >= 0.3 is 0 Å². The maximum Gasteiger partial charge on any atom is 0.230 e. The number of carbonyl (C=O) groups is 1. The second kappa shape index (κ2) is 8.08. The number of amides is 1. The molecule has 0 aliphatic carbocycles. The molecule has 0 fully saturated rings. The van der Waals surface area contributed by atoms with Gasteiger partial charge in [-0.15, -0.1) is 5.10 Å². The molecule has 0 radical (unpaired) electrons. The Hall–Kier alpha value is -1.69. The lowest BCUT2D eigenvalue weighted by Crippen LogP contribution is -2.25. The van der Waals surface area contributed by atoms with Crippen molar-refractivity contribution in [1.29, 1.82) is 5.26 Å². The predicted octanol–water partition coefficient (Wildman–Crippen LogP) is 3.09. The van der Waals surface area contributed by atoms with Crippen molar-refractivity contribution in [3.63, 3.8) is 0 Å². The van der Waals surface area contributed by atoms with Gasteiger partial charge in [-0.3, -0.25) is 4.79 Å². The largest absolute Gasteiger partial charge is 0.354 e. The molecule has 0 saturated carbocycles. The first kappa shape index (κ1) is 16.7. The van der Waals surface area contributed by atoms with Gasteiger partial charge in [0.15, 0.2) is 8.29 Å². The topological polar surface area (TPSA) is 70.7 Å². The molecule has 0 spiro atoms. The zero-order valence-electron chi connectivity index (χ0n) is 11.9. The van der Waals surface area contributed by atoms with Crippen LogP contribution in [0.25, 0.3) is 5.69 Å². The van der Waals surface area contributed by atoms with Gasteiger partial charge in [-0.2, -0.15) is 5.26 Å². The zero-order valence-corrected chi connectivity index (χ0v) is 14.4. The van der Waals surface area contributed by atoms with E-state index in [0.717, 1.165) is 15.6 Å². The number of carbonyl (C=O) groups excluding carboxylic acids is 1. The number of aromatic nitrogens is 2. The van der Waals surface area contributed by atoms with Crippen LogP contribution in [0.2, 0.25) is 0 Å². The van der Waals surface area contributed by atoms with Gasteiger partial charge in [0.1, 0.15) is 0 Å². The van der Waals surface area contributed by atoms with Gasteiger partial charge < -0.3 is 5.32 Å². The summed E-state index contributed by atoms with van der Waals surface area (Å²) in [4.78, 5) is 11.6. The first-order valence-electron chi connectivity index (χ1n) is 6.54. The summed E-state index contributed by atoms with van der Waals surface area (Å²) in [5.41, 5.74) is 2.05. The number of rotatable bonds is 6. The predicted molar refractivity (Wildman–Crippen MR) is 91.0 cm³/mol. The van der Waals surface area contributed by atoms with Gasteiger partial charge in [-0.1, -0.05) is 41.3 Å². The maximum absolute atomic E-state index is 11.6.